The van der Waals surface area contributed by atoms with E-state index in [9.17, 15) is 4.79 Å². The van der Waals surface area contributed by atoms with Crippen LogP contribution in [0.25, 0.3) is 0 Å². The first-order valence-electron chi connectivity index (χ1n) is 5.63. The minimum Gasteiger partial charge on any atom is -0.287 e. The Morgan fingerprint density at radius 3 is 2.40 bits per heavy atom. The Bertz CT molecular complexity index is 315. The van der Waals surface area contributed by atoms with Crippen LogP contribution in [-0.2, 0) is 4.79 Å². The maximum Gasteiger partial charge on any atom is 0.196 e. The number of rotatable bonds is 2. The predicted octanol–water partition coefficient (Wildman–Crippen LogP) is 3.89. The summed E-state index contributed by atoms with van der Waals surface area (Å²) in [7, 11) is 0. The first kappa shape index (κ1) is 10.7. The van der Waals surface area contributed by atoms with E-state index in [0.717, 1.165) is 17.7 Å². The largest absolute Gasteiger partial charge is 0.287 e. The summed E-state index contributed by atoms with van der Waals surface area (Å²) in [6.07, 6.45) is 5.95. The summed E-state index contributed by atoms with van der Waals surface area (Å²) >= 11 is 1.41. The molecule has 1 aromatic rings. The number of hydrogen-bond donors (Lipinski definition) is 0. The Labute approximate surface area is 95.3 Å². The number of carbonyl (C=O) groups excluding carboxylic acids is 1. The SMILES string of the molecule is O=C(Sc1ccccc1)C1CCCCC1. The fourth-order valence-corrected chi connectivity index (χ4v) is 2.95. The van der Waals surface area contributed by atoms with Gasteiger partial charge in [-0.1, -0.05) is 49.2 Å². The van der Waals surface area contributed by atoms with Crippen molar-refractivity contribution in [2.45, 2.75) is 37.0 Å². The molecule has 0 N–H and O–H groups in total. The van der Waals surface area contributed by atoms with Crippen LogP contribution in [0.1, 0.15) is 32.1 Å². The third kappa shape index (κ3) is 3.10. The van der Waals surface area contributed by atoms with Crippen molar-refractivity contribution < 1.29 is 4.79 Å². The van der Waals surface area contributed by atoms with Crippen LogP contribution in [0.5, 0.6) is 0 Å². The molecule has 0 amide bonds. The van der Waals surface area contributed by atoms with E-state index in [0.29, 0.717) is 11.0 Å². The second-order valence-electron chi connectivity index (χ2n) is 4.07. The van der Waals surface area contributed by atoms with Gasteiger partial charge in [-0.15, -0.1) is 0 Å². The van der Waals surface area contributed by atoms with E-state index in [4.69, 9.17) is 0 Å². The standard InChI is InChI=1S/C13H16OS/c14-13(11-7-3-1-4-8-11)15-12-9-5-2-6-10-12/h2,5-6,9-11H,1,3-4,7-8H2. The van der Waals surface area contributed by atoms with Crippen LogP contribution in [0.2, 0.25) is 0 Å². The van der Waals surface area contributed by atoms with Gasteiger partial charge in [0.05, 0.1) is 0 Å². The summed E-state index contributed by atoms with van der Waals surface area (Å²) in [6.45, 7) is 0. The van der Waals surface area contributed by atoms with Gasteiger partial charge in [0, 0.05) is 10.8 Å². The summed E-state index contributed by atoms with van der Waals surface area (Å²) in [6, 6.07) is 9.96. The fourth-order valence-electron chi connectivity index (χ4n) is 2.03. The van der Waals surface area contributed by atoms with Gasteiger partial charge in [-0.05, 0) is 25.0 Å². The van der Waals surface area contributed by atoms with Crippen LogP contribution in [0.4, 0.5) is 0 Å². The molecule has 1 aliphatic carbocycles. The van der Waals surface area contributed by atoms with Crippen molar-refractivity contribution in [3.63, 3.8) is 0 Å². The fraction of sp³-hybridized carbons (Fsp3) is 0.462. The van der Waals surface area contributed by atoms with E-state index < -0.39 is 0 Å². The summed E-state index contributed by atoms with van der Waals surface area (Å²) in [5.74, 6) is 0.309. The van der Waals surface area contributed by atoms with Crippen molar-refractivity contribution in [3.8, 4) is 0 Å². The Hall–Kier alpha value is -0.760. The smallest absolute Gasteiger partial charge is 0.196 e. The molecule has 2 rings (SSSR count). The molecule has 1 aliphatic rings. The van der Waals surface area contributed by atoms with Gasteiger partial charge in [-0.2, -0.15) is 0 Å². The molecule has 2 heteroatoms. The lowest BCUT2D eigenvalue weighted by atomic mass is 9.90. The van der Waals surface area contributed by atoms with Gasteiger partial charge in [-0.3, -0.25) is 4.79 Å². The van der Waals surface area contributed by atoms with Crippen molar-refractivity contribution in [2.24, 2.45) is 5.92 Å². The lowest BCUT2D eigenvalue weighted by Crippen LogP contribution is -2.14. The van der Waals surface area contributed by atoms with Gasteiger partial charge >= 0.3 is 0 Å². The summed E-state index contributed by atoms with van der Waals surface area (Å²) in [4.78, 5) is 13.0. The van der Waals surface area contributed by atoms with Crippen molar-refractivity contribution in [2.75, 3.05) is 0 Å². The highest BCUT2D eigenvalue weighted by Crippen LogP contribution is 2.31. The Morgan fingerprint density at radius 1 is 1.07 bits per heavy atom. The average Bonchev–Trinajstić information content (AvgIpc) is 2.31. The van der Waals surface area contributed by atoms with Gasteiger partial charge < -0.3 is 0 Å². The molecule has 15 heavy (non-hydrogen) atoms. The van der Waals surface area contributed by atoms with Crippen LogP contribution >= 0.6 is 11.8 Å². The van der Waals surface area contributed by atoms with Gasteiger partial charge in [-0.25, -0.2) is 0 Å². The number of carbonyl (C=O) groups is 1. The minimum atomic E-state index is 0.309. The van der Waals surface area contributed by atoms with E-state index in [1.807, 2.05) is 30.3 Å². The molecular formula is C13H16OS. The number of thioether (sulfide) groups is 1. The highest BCUT2D eigenvalue weighted by Gasteiger charge is 2.21. The van der Waals surface area contributed by atoms with Crippen molar-refractivity contribution in [1.29, 1.82) is 0 Å². The predicted molar refractivity (Wildman–Crippen MR) is 63.9 cm³/mol. The lowest BCUT2D eigenvalue weighted by Gasteiger charge is -2.19. The molecule has 0 radical (unpaired) electrons. The zero-order valence-electron chi connectivity index (χ0n) is 8.82. The highest BCUT2D eigenvalue weighted by atomic mass is 32.2. The van der Waals surface area contributed by atoms with E-state index in [1.165, 1.54) is 31.0 Å². The molecule has 0 heterocycles. The normalized spacial score (nSPS) is 17.6. The molecule has 0 spiro atoms. The van der Waals surface area contributed by atoms with Crippen molar-refractivity contribution in [1.82, 2.24) is 0 Å². The number of hydrogen-bond acceptors (Lipinski definition) is 2. The molecule has 0 atom stereocenters. The van der Waals surface area contributed by atoms with E-state index in [1.54, 1.807) is 0 Å². The maximum atomic E-state index is 11.9. The third-order valence-corrected chi connectivity index (χ3v) is 3.94. The van der Waals surface area contributed by atoms with Crippen molar-refractivity contribution in [3.05, 3.63) is 30.3 Å². The second kappa shape index (κ2) is 5.36. The molecular weight excluding hydrogens is 204 g/mol. The quantitative estimate of drug-likeness (QED) is 0.703. The average molecular weight is 220 g/mol. The van der Waals surface area contributed by atoms with E-state index in [-0.39, 0.29) is 0 Å². The van der Waals surface area contributed by atoms with Crippen LogP contribution < -0.4 is 0 Å². The summed E-state index contributed by atoms with van der Waals surface area (Å²) in [5.41, 5.74) is 0. The van der Waals surface area contributed by atoms with E-state index in [2.05, 4.69) is 0 Å². The molecule has 0 unspecified atom stereocenters. The molecule has 1 aromatic carbocycles. The monoisotopic (exact) mass is 220 g/mol. The van der Waals surface area contributed by atoms with Gasteiger partial charge in [0.2, 0.25) is 0 Å². The number of benzene rings is 1. The molecule has 1 fully saturated rings. The Morgan fingerprint density at radius 2 is 1.73 bits per heavy atom. The molecule has 0 aliphatic heterocycles. The maximum absolute atomic E-state index is 11.9. The highest BCUT2D eigenvalue weighted by molar-refractivity contribution is 8.13. The third-order valence-electron chi connectivity index (χ3n) is 2.90. The second-order valence-corrected chi connectivity index (χ2v) is 5.15. The molecule has 80 valence electrons. The van der Waals surface area contributed by atoms with Crippen LogP contribution in [0.15, 0.2) is 35.2 Å². The molecule has 0 saturated heterocycles. The molecule has 1 saturated carbocycles. The first-order chi connectivity index (χ1) is 7.36. The van der Waals surface area contributed by atoms with Gasteiger partial charge in [0.15, 0.2) is 5.12 Å². The van der Waals surface area contributed by atoms with E-state index >= 15 is 0 Å². The van der Waals surface area contributed by atoms with Gasteiger partial charge in [0.25, 0.3) is 0 Å². The zero-order valence-corrected chi connectivity index (χ0v) is 9.63. The zero-order chi connectivity index (χ0) is 10.5. The van der Waals surface area contributed by atoms with Crippen LogP contribution in [0.3, 0.4) is 0 Å². The Kier molecular flexibility index (Phi) is 3.84. The molecule has 0 aromatic heterocycles. The van der Waals surface area contributed by atoms with Crippen LogP contribution in [0, 0.1) is 5.92 Å². The summed E-state index contributed by atoms with van der Waals surface area (Å²) in [5, 5.41) is 0.362. The molecule has 1 nitrogen and oxygen atoms in total. The van der Waals surface area contributed by atoms with Gasteiger partial charge in [0.1, 0.15) is 0 Å². The van der Waals surface area contributed by atoms with Crippen LogP contribution in [-0.4, -0.2) is 5.12 Å². The lowest BCUT2D eigenvalue weighted by molar-refractivity contribution is -0.115. The van der Waals surface area contributed by atoms with Crippen molar-refractivity contribution >= 4 is 16.9 Å². The Balaban J connectivity index is 1.91. The first-order valence-corrected chi connectivity index (χ1v) is 6.44. The minimum absolute atomic E-state index is 0.309. The topological polar surface area (TPSA) is 17.1 Å². The summed E-state index contributed by atoms with van der Waals surface area (Å²) < 4.78 is 0. The molecule has 0 bridgehead atoms.